The van der Waals surface area contributed by atoms with Crippen LogP contribution in [0.5, 0.6) is 0 Å². The Morgan fingerprint density at radius 3 is 2.79 bits per heavy atom. The Morgan fingerprint density at radius 1 is 1.43 bits per heavy atom. The van der Waals surface area contributed by atoms with E-state index in [0.29, 0.717) is 5.41 Å². The molecule has 0 bridgehead atoms. The Balaban J connectivity index is 2.25. The second-order valence-corrected chi connectivity index (χ2v) is 6.99. The summed E-state index contributed by atoms with van der Waals surface area (Å²) < 4.78 is 0.949. The summed E-state index contributed by atoms with van der Waals surface area (Å²) in [6, 6.07) is 0. The third-order valence-electron chi connectivity index (χ3n) is 3.20. The van der Waals surface area contributed by atoms with E-state index in [4.69, 9.17) is 12.2 Å². The highest BCUT2D eigenvalue weighted by Gasteiger charge is 2.29. The second kappa shape index (κ2) is 3.46. The minimum Gasteiger partial charge on any atom is -0.341 e. The van der Waals surface area contributed by atoms with Gasteiger partial charge in [-0.1, -0.05) is 20.8 Å². The molecule has 1 atom stereocenters. The van der Waals surface area contributed by atoms with Gasteiger partial charge in [-0.05, 0) is 42.8 Å². The van der Waals surface area contributed by atoms with Crippen LogP contribution in [0.4, 0.5) is 0 Å². The standard InChI is InChI=1S/C11H17NS2/c1-11(2,3)7-4-5-8-9(6-7)14-10(13)12-8/h7H,4-6H2,1-3H3,(H,12,13). The Bertz CT molecular complexity index is 381. The zero-order chi connectivity index (χ0) is 10.3. The minimum absolute atomic E-state index is 0.434. The number of fused-ring (bicyclic) bond motifs is 1. The molecule has 2 rings (SSSR count). The van der Waals surface area contributed by atoms with E-state index in [0.717, 1.165) is 9.87 Å². The van der Waals surface area contributed by atoms with Gasteiger partial charge in [0.05, 0.1) is 0 Å². The molecule has 1 N–H and O–H groups in total. The van der Waals surface area contributed by atoms with Gasteiger partial charge >= 0.3 is 0 Å². The van der Waals surface area contributed by atoms with Crippen molar-refractivity contribution < 1.29 is 0 Å². The van der Waals surface area contributed by atoms with Crippen molar-refractivity contribution in [2.75, 3.05) is 0 Å². The summed E-state index contributed by atoms with van der Waals surface area (Å²) in [5.74, 6) is 0.816. The molecular weight excluding hydrogens is 210 g/mol. The molecule has 0 fully saturated rings. The van der Waals surface area contributed by atoms with Crippen molar-refractivity contribution in [3.63, 3.8) is 0 Å². The first-order chi connectivity index (χ1) is 6.47. The molecular formula is C11H17NS2. The van der Waals surface area contributed by atoms with Crippen LogP contribution < -0.4 is 0 Å². The zero-order valence-electron chi connectivity index (χ0n) is 9.02. The van der Waals surface area contributed by atoms with E-state index >= 15 is 0 Å². The first-order valence-electron chi connectivity index (χ1n) is 5.17. The van der Waals surface area contributed by atoms with Gasteiger partial charge in [-0.2, -0.15) is 0 Å². The van der Waals surface area contributed by atoms with Crippen molar-refractivity contribution in [3.8, 4) is 0 Å². The van der Waals surface area contributed by atoms with Crippen LogP contribution in [0.2, 0.25) is 0 Å². The maximum absolute atomic E-state index is 5.18. The molecule has 14 heavy (non-hydrogen) atoms. The number of H-pyrrole nitrogens is 1. The lowest BCUT2D eigenvalue weighted by molar-refractivity contribution is 0.217. The number of nitrogens with one attached hydrogen (secondary N) is 1. The van der Waals surface area contributed by atoms with E-state index in [1.54, 1.807) is 11.3 Å². The summed E-state index contributed by atoms with van der Waals surface area (Å²) in [6.07, 6.45) is 3.71. The van der Waals surface area contributed by atoms with E-state index in [1.807, 2.05) is 0 Å². The summed E-state index contributed by atoms with van der Waals surface area (Å²) in [7, 11) is 0. The molecule has 0 amide bonds. The molecule has 0 aliphatic heterocycles. The first kappa shape index (κ1) is 10.4. The Morgan fingerprint density at radius 2 is 2.14 bits per heavy atom. The number of aromatic amines is 1. The van der Waals surface area contributed by atoms with Crippen molar-refractivity contribution >= 4 is 23.6 Å². The number of hydrogen-bond acceptors (Lipinski definition) is 2. The molecule has 0 radical (unpaired) electrons. The maximum atomic E-state index is 5.18. The molecule has 1 aromatic rings. The fourth-order valence-electron chi connectivity index (χ4n) is 2.14. The first-order valence-corrected chi connectivity index (χ1v) is 6.40. The Hall–Kier alpha value is -0.150. The normalized spacial score (nSPS) is 22.1. The van der Waals surface area contributed by atoms with Crippen LogP contribution in [-0.4, -0.2) is 4.98 Å². The molecule has 1 nitrogen and oxygen atoms in total. The third kappa shape index (κ3) is 1.94. The SMILES string of the molecule is CC(C)(C)C1CCc2[nH]c(=S)sc2C1. The molecule has 78 valence electrons. The quantitative estimate of drug-likeness (QED) is 0.663. The summed E-state index contributed by atoms with van der Waals surface area (Å²) in [5, 5.41) is 0. The van der Waals surface area contributed by atoms with Crippen molar-refractivity contribution in [1.29, 1.82) is 0 Å². The van der Waals surface area contributed by atoms with Crippen LogP contribution in [0.1, 0.15) is 37.8 Å². The van der Waals surface area contributed by atoms with E-state index in [9.17, 15) is 0 Å². The van der Waals surface area contributed by atoms with Gasteiger partial charge in [-0.15, -0.1) is 11.3 Å². The van der Waals surface area contributed by atoms with Crippen LogP contribution in [0.3, 0.4) is 0 Å². The fourth-order valence-corrected chi connectivity index (χ4v) is 3.53. The van der Waals surface area contributed by atoms with Crippen LogP contribution in [0, 0.1) is 15.3 Å². The number of aromatic nitrogens is 1. The molecule has 0 aromatic carbocycles. The van der Waals surface area contributed by atoms with Crippen LogP contribution >= 0.6 is 23.6 Å². The highest BCUT2D eigenvalue weighted by Crippen LogP contribution is 2.38. The maximum Gasteiger partial charge on any atom is 0.158 e. The summed E-state index contributed by atoms with van der Waals surface area (Å²) >= 11 is 6.95. The van der Waals surface area contributed by atoms with E-state index in [-0.39, 0.29) is 0 Å². The van der Waals surface area contributed by atoms with Gasteiger partial charge < -0.3 is 4.98 Å². The fraction of sp³-hybridized carbons (Fsp3) is 0.727. The molecule has 0 saturated heterocycles. The molecule has 1 unspecified atom stereocenters. The smallest absolute Gasteiger partial charge is 0.158 e. The van der Waals surface area contributed by atoms with Crippen molar-refractivity contribution in [2.24, 2.45) is 11.3 Å². The molecule has 0 spiro atoms. The molecule has 1 aliphatic carbocycles. The topological polar surface area (TPSA) is 15.8 Å². The van der Waals surface area contributed by atoms with Gasteiger partial charge in [0.25, 0.3) is 0 Å². The molecule has 1 aromatic heterocycles. The minimum atomic E-state index is 0.434. The van der Waals surface area contributed by atoms with E-state index < -0.39 is 0 Å². The Labute approximate surface area is 94.6 Å². The van der Waals surface area contributed by atoms with Crippen LogP contribution in [0.25, 0.3) is 0 Å². The lowest BCUT2D eigenvalue weighted by Crippen LogP contribution is -2.26. The number of rotatable bonds is 0. The zero-order valence-corrected chi connectivity index (χ0v) is 10.6. The van der Waals surface area contributed by atoms with Gasteiger partial charge in [0.15, 0.2) is 3.95 Å². The number of aryl methyl sites for hydroxylation is 1. The predicted octanol–water partition coefficient (Wildman–Crippen LogP) is 3.96. The molecule has 3 heteroatoms. The largest absolute Gasteiger partial charge is 0.341 e. The van der Waals surface area contributed by atoms with E-state index in [2.05, 4.69) is 25.8 Å². The van der Waals surface area contributed by atoms with Crippen LogP contribution in [0.15, 0.2) is 0 Å². The summed E-state index contributed by atoms with van der Waals surface area (Å²) in [4.78, 5) is 4.80. The van der Waals surface area contributed by atoms with E-state index in [1.165, 1.54) is 29.8 Å². The molecule has 1 heterocycles. The van der Waals surface area contributed by atoms with Gasteiger partial charge in [0.1, 0.15) is 0 Å². The van der Waals surface area contributed by atoms with Gasteiger partial charge in [-0.3, -0.25) is 0 Å². The van der Waals surface area contributed by atoms with Gasteiger partial charge in [0.2, 0.25) is 0 Å². The second-order valence-electron chi connectivity index (χ2n) is 5.22. The average Bonchev–Trinajstić information content (AvgIpc) is 2.41. The summed E-state index contributed by atoms with van der Waals surface area (Å²) in [5.41, 5.74) is 1.84. The number of hydrogen-bond donors (Lipinski definition) is 1. The van der Waals surface area contributed by atoms with Crippen molar-refractivity contribution in [1.82, 2.24) is 4.98 Å². The third-order valence-corrected chi connectivity index (χ3v) is 4.50. The highest BCUT2D eigenvalue weighted by atomic mass is 32.1. The van der Waals surface area contributed by atoms with Gasteiger partial charge in [-0.25, -0.2) is 0 Å². The predicted molar refractivity (Wildman–Crippen MR) is 64.5 cm³/mol. The number of thiazole rings is 1. The van der Waals surface area contributed by atoms with Crippen LogP contribution in [-0.2, 0) is 12.8 Å². The van der Waals surface area contributed by atoms with Crippen molar-refractivity contribution in [2.45, 2.75) is 40.0 Å². The monoisotopic (exact) mass is 227 g/mol. The summed E-state index contributed by atoms with van der Waals surface area (Å²) in [6.45, 7) is 7.03. The Kier molecular flexibility index (Phi) is 2.56. The lowest BCUT2D eigenvalue weighted by atomic mass is 9.73. The van der Waals surface area contributed by atoms with Crippen molar-refractivity contribution in [3.05, 3.63) is 14.5 Å². The molecule has 0 saturated carbocycles. The average molecular weight is 227 g/mol. The van der Waals surface area contributed by atoms with Gasteiger partial charge in [0, 0.05) is 10.6 Å². The molecule has 1 aliphatic rings. The lowest BCUT2D eigenvalue weighted by Gasteiger charge is -2.33. The highest BCUT2D eigenvalue weighted by molar-refractivity contribution is 7.73.